The van der Waals surface area contributed by atoms with Crippen LogP contribution in [0.1, 0.15) is 23.0 Å². The zero-order valence-electron chi connectivity index (χ0n) is 13.1. The molecule has 2 rings (SSSR count). The molecule has 2 heterocycles. The minimum atomic E-state index is -0.408. The number of rotatable bonds is 7. The standard InChI is InChI=1S/C16H19FN4OS/c1-4-18-10-11(2)7-8-19-16(22)14-6-5-13(23-14)12-9-15(17)21(3)20-12/h4-6,9-10,18H,1,7-8H2,2-3H3,(H,19,22)/b11-10+. The molecule has 0 fully saturated rings. The molecule has 0 bridgehead atoms. The summed E-state index contributed by atoms with van der Waals surface area (Å²) in [5, 5.41) is 9.83. The molecule has 0 aliphatic rings. The summed E-state index contributed by atoms with van der Waals surface area (Å²) in [6, 6.07) is 4.86. The monoisotopic (exact) mass is 334 g/mol. The molecule has 7 heteroatoms. The van der Waals surface area contributed by atoms with Crippen LogP contribution in [0.3, 0.4) is 0 Å². The van der Waals surface area contributed by atoms with E-state index in [4.69, 9.17) is 0 Å². The maximum atomic E-state index is 13.3. The first-order valence-electron chi connectivity index (χ1n) is 7.12. The maximum Gasteiger partial charge on any atom is 0.261 e. The summed E-state index contributed by atoms with van der Waals surface area (Å²) >= 11 is 1.29. The Hall–Kier alpha value is -2.41. The number of carbonyl (C=O) groups is 1. The predicted octanol–water partition coefficient (Wildman–Crippen LogP) is 3.04. The molecule has 23 heavy (non-hydrogen) atoms. The van der Waals surface area contributed by atoms with Crippen LogP contribution in [0.4, 0.5) is 4.39 Å². The summed E-state index contributed by atoms with van der Waals surface area (Å²) in [4.78, 5) is 13.5. The minimum absolute atomic E-state index is 0.137. The van der Waals surface area contributed by atoms with Crippen LogP contribution in [0.2, 0.25) is 0 Å². The van der Waals surface area contributed by atoms with E-state index in [1.54, 1.807) is 18.3 Å². The van der Waals surface area contributed by atoms with Crippen LogP contribution in [-0.4, -0.2) is 22.2 Å². The Morgan fingerprint density at radius 1 is 1.52 bits per heavy atom. The molecule has 0 spiro atoms. The highest BCUT2D eigenvalue weighted by Gasteiger charge is 2.13. The topological polar surface area (TPSA) is 58.9 Å². The predicted molar refractivity (Wildman–Crippen MR) is 90.5 cm³/mol. The van der Waals surface area contributed by atoms with E-state index in [1.165, 1.54) is 29.1 Å². The molecule has 0 unspecified atom stereocenters. The number of thiophene rings is 1. The van der Waals surface area contributed by atoms with E-state index in [2.05, 4.69) is 22.3 Å². The van der Waals surface area contributed by atoms with Gasteiger partial charge >= 0.3 is 0 Å². The fourth-order valence-electron chi connectivity index (χ4n) is 1.90. The van der Waals surface area contributed by atoms with Crippen LogP contribution in [0, 0.1) is 5.95 Å². The van der Waals surface area contributed by atoms with Gasteiger partial charge in [0.15, 0.2) is 0 Å². The number of aryl methyl sites for hydroxylation is 1. The first-order valence-corrected chi connectivity index (χ1v) is 7.93. The highest BCUT2D eigenvalue weighted by atomic mass is 32.1. The van der Waals surface area contributed by atoms with Crippen LogP contribution in [0.25, 0.3) is 10.6 Å². The van der Waals surface area contributed by atoms with Gasteiger partial charge in [-0.15, -0.1) is 11.3 Å². The van der Waals surface area contributed by atoms with Crippen LogP contribution in [-0.2, 0) is 7.05 Å². The quantitative estimate of drug-likeness (QED) is 0.818. The van der Waals surface area contributed by atoms with Crippen molar-refractivity contribution in [3.63, 3.8) is 0 Å². The maximum absolute atomic E-state index is 13.3. The van der Waals surface area contributed by atoms with E-state index in [9.17, 15) is 9.18 Å². The average Bonchev–Trinajstić information content (AvgIpc) is 3.13. The van der Waals surface area contributed by atoms with Crippen molar-refractivity contribution in [1.82, 2.24) is 20.4 Å². The molecule has 0 atom stereocenters. The molecular weight excluding hydrogens is 315 g/mol. The van der Waals surface area contributed by atoms with Gasteiger partial charge in [0.2, 0.25) is 5.95 Å². The lowest BCUT2D eigenvalue weighted by molar-refractivity contribution is 0.0958. The second-order valence-electron chi connectivity index (χ2n) is 5.01. The first kappa shape index (κ1) is 17.0. The average molecular weight is 334 g/mol. The van der Waals surface area contributed by atoms with Gasteiger partial charge in [0, 0.05) is 19.7 Å². The second-order valence-corrected chi connectivity index (χ2v) is 6.09. The van der Waals surface area contributed by atoms with Crippen molar-refractivity contribution in [2.45, 2.75) is 13.3 Å². The molecule has 0 radical (unpaired) electrons. The van der Waals surface area contributed by atoms with Gasteiger partial charge in [0.1, 0.15) is 5.69 Å². The lowest BCUT2D eigenvalue weighted by atomic mass is 10.2. The zero-order valence-corrected chi connectivity index (χ0v) is 13.9. The number of nitrogens with zero attached hydrogens (tertiary/aromatic N) is 2. The molecule has 0 saturated heterocycles. The van der Waals surface area contributed by atoms with Crippen LogP contribution < -0.4 is 10.6 Å². The van der Waals surface area contributed by atoms with Gasteiger partial charge in [0.25, 0.3) is 5.91 Å². The molecule has 5 nitrogen and oxygen atoms in total. The number of hydrogen-bond acceptors (Lipinski definition) is 4. The summed E-state index contributed by atoms with van der Waals surface area (Å²) < 4.78 is 14.5. The Labute approximate surface area is 138 Å². The van der Waals surface area contributed by atoms with Crippen molar-refractivity contribution < 1.29 is 9.18 Å². The number of aromatic nitrogens is 2. The lowest BCUT2D eigenvalue weighted by Gasteiger charge is -2.04. The summed E-state index contributed by atoms with van der Waals surface area (Å²) in [6.07, 6.45) is 4.18. The molecule has 0 aliphatic heterocycles. The van der Waals surface area contributed by atoms with Crippen molar-refractivity contribution in [1.29, 1.82) is 0 Å². The van der Waals surface area contributed by atoms with E-state index in [0.29, 0.717) is 17.1 Å². The third kappa shape index (κ3) is 4.53. The molecule has 0 aliphatic carbocycles. The normalized spacial score (nSPS) is 11.3. The van der Waals surface area contributed by atoms with Crippen LogP contribution in [0.5, 0.6) is 0 Å². The van der Waals surface area contributed by atoms with Crippen LogP contribution >= 0.6 is 11.3 Å². The summed E-state index contributed by atoms with van der Waals surface area (Å²) in [5.74, 6) is -0.545. The summed E-state index contributed by atoms with van der Waals surface area (Å²) in [7, 11) is 1.54. The SMILES string of the molecule is C=CN/C=C(\C)CCNC(=O)c1ccc(-c2cc(F)n(C)n2)s1. The summed E-state index contributed by atoms with van der Waals surface area (Å²) in [6.45, 7) is 6.08. The number of hydrogen-bond donors (Lipinski definition) is 2. The molecule has 122 valence electrons. The Morgan fingerprint density at radius 3 is 2.96 bits per heavy atom. The molecule has 0 aromatic carbocycles. The Bertz CT molecular complexity index is 713. The largest absolute Gasteiger partial charge is 0.368 e. The lowest BCUT2D eigenvalue weighted by Crippen LogP contribution is -2.23. The number of halogens is 1. The number of carbonyl (C=O) groups excluding carboxylic acids is 1. The van der Waals surface area contributed by atoms with E-state index < -0.39 is 5.95 Å². The molecule has 2 aromatic heterocycles. The van der Waals surface area contributed by atoms with Gasteiger partial charge in [-0.3, -0.25) is 4.79 Å². The number of amides is 1. The van der Waals surface area contributed by atoms with Gasteiger partial charge in [0.05, 0.1) is 9.75 Å². The Kier molecular flexibility index (Phi) is 5.70. The van der Waals surface area contributed by atoms with Crippen molar-refractivity contribution in [2.24, 2.45) is 7.05 Å². The van der Waals surface area contributed by atoms with Crippen LogP contribution in [0.15, 0.2) is 42.8 Å². The van der Waals surface area contributed by atoms with Crippen molar-refractivity contribution in [3.8, 4) is 10.6 Å². The molecule has 2 aromatic rings. The first-order chi connectivity index (χ1) is 11.0. The second kappa shape index (κ2) is 7.73. The van der Waals surface area contributed by atoms with E-state index >= 15 is 0 Å². The fourth-order valence-corrected chi connectivity index (χ4v) is 2.77. The number of nitrogens with one attached hydrogen (secondary N) is 2. The smallest absolute Gasteiger partial charge is 0.261 e. The van der Waals surface area contributed by atoms with Crippen molar-refractivity contribution >= 4 is 17.2 Å². The minimum Gasteiger partial charge on any atom is -0.368 e. The van der Waals surface area contributed by atoms with Gasteiger partial charge in [-0.25, -0.2) is 4.68 Å². The van der Waals surface area contributed by atoms with Gasteiger partial charge in [-0.05, 0) is 37.9 Å². The summed E-state index contributed by atoms with van der Waals surface area (Å²) in [5.41, 5.74) is 1.64. The Morgan fingerprint density at radius 2 is 2.30 bits per heavy atom. The van der Waals surface area contributed by atoms with Gasteiger partial charge in [-0.2, -0.15) is 9.49 Å². The highest BCUT2D eigenvalue weighted by Crippen LogP contribution is 2.27. The van der Waals surface area contributed by atoms with E-state index in [-0.39, 0.29) is 5.91 Å². The molecule has 1 amide bonds. The third-order valence-electron chi connectivity index (χ3n) is 3.16. The van der Waals surface area contributed by atoms with Crippen molar-refractivity contribution in [3.05, 3.63) is 53.6 Å². The Balaban J connectivity index is 1.92. The van der Waals surface area contributed by atoms with Gasteiger partial charge < -0.3 is 10.6 Å². The molecular formula is C16H19FN4OS. The third-order valence-corrected chi connectivity index (χ3v) is 4.26. The van der Waals surface area contributed by atoms with Crippen molar-refractivity contribution in [2.75, 3.05) is 6.54 Å². The highest BCUT2D eigenvalue weighted by molar-refractivity contribution is 7.17. The fraction of sp³-hybridized carbons (Fsp3) is 0.250. The molecule has 0 saturated carbocycles. The zero-order chi connectivity index (χ0) is 16.8. The van der Waals surface area contributed by atoms with Gasteiger partial charge in [-0.1, -0.05) is 12.2 Å². The molecule has 2 N–H and O–H groups in total. The van der Waals surface area contributed by atoms with E-state index in [0.717, 1.165) is 16.9 Å². The van der Waals surface area contributed by atoms with E-state index in [1.807, 2.05) is 13.1 Å².